The van der Waals surface area contributed by atoms with Gasteiger partial charge in [0.2, 0.25) is 0 Å². The average molecular weight is 457 g/mol. The molecule has 3 aliphatic rings. The van der Waals surface area contributed by atoms with Crippen molar-refractivity contribution in [2.45, 2.75) is 44.3 Å². The Morgan fingerprint density at radius 3 is 2.71 bits per heavy atom. The summed E-state index contributed by atoms with van der Waals surface area (Å²) in [6, 6.07) is 17.9. The molecule has 0 saturated carbocycles. The maximum Gasteiger partial charge on any atom is 0.324 e. The lowest BCUT2D eigenvalue weighted by atomic mass is 10.0. The average Bonchev–Trinajstić information content (AvgIpc) is 3.62. The van der Waals surface area contributed by atoms with Crippen LogP contribution in [0.3, 0.4) is 0 Å². The van der Waals surface area contributed by atoms with Crippen molar-refractivity contribution in [3.63, 3.8) is 0 Å². The van der Waals surface area contributed by atoms with E-state index in [2.05, 4.69) is 50.0 Å². The number of aromatic amines is 1. The second kappa shape index (κ2) is 8.61. The number of benzene rings is 2. The zero-order chi connectivity index (χ0) is 23.1. The molecular formula is C26H28N6O2. The molecule has 4 heterocycles. The Labute approximate surface area is 198 Å². The quantitative estimate of drug-likeness (QED) is 0.520. The smallest absolute Gasteiger partial charge is 0.324 e. The van der Waals surface area contributed by atoms with E-state index >= 15 is 0 Å². The number of rotatable bonds is 5. The highest BCUT2D eigenvalue weighted by molar-refractivity contribution is 6.05. The van der Waals surface area contributed by atoms with Gasteiger partial charge in [0.25, 0.3) is 5.91 Å². The van der Waals surface area contributed by atoms with E-state index in [0.29, 0.717) is 17.1 Å². The van der Waals surface area contributed by atoms with Crippen LogP contribution in [0.2, 0.25) is 0 Å². The molecule has 2 aromatic carbocycles. The standard InChI is InChI=1S/C26H28N6O2/c33-25-18-9-4-10-19(24(18)22-12-6-14-32(22)25)27-26(34)28-23-15-20(29-30-23)21-11-5-13-31(21)16-17-7-2-1-3-8-17/h1-4,7-10,15,21-22H,5-6,11-14,16H2,(H3,27,28,29,30,34)/t21-,22?/m0/s1. The third-order valence-electron chi connectivity index (χ3n) is 7.22. The van der Waals surface area contributed by atoms with Gasteiger partial charge >= 0.3 is 6.03 Å². The Morgan fingerprint density at radius 1 is 1.00 bits per heavy atom. The first-order chi connectivity index (χ1) is 16.7. The van der Waals surface area contributed by atoms with Crippen LogP contribution in [-0.4, -0.2) is 45.0 Å². The fourth-order valence-corrected chi connectivity index (χ4v) is 5.71. The lowest BCUT2D eigenvalue weighted by Crippen LogP contribution is -2.23. The van der Waals surface area contributed by atoms with Gasteiger partial charge < -0.3 is 10.2 Å². The number of amides is 3. The minimum Gasteiger partial charge on any atom is -0.331 e. The Balaban J connectivity index is 1.13. The number of urea groups is 1. The van der Waals surface area contributed by atoms with Gasteiger partial charge in [-0.1, -0.05) is 36.4 Å². The van der Waals surface area contributed by atoms with Crippen LogP contribution in [-0.2, 0) is 6.54 Å². The molecule has 3 amide bonds. The first-order valence-electron chi connectivity index (χ1n) is 12.0. The number of nitrogens with one attached hydrogen (secondary N) is 3. The van der Waals surface area contributed by atoms with Crippen molar-refractivity contribution in [1.29, 1.82) is 0 Å². The van der Waals surface area contributed by atoms with Crippen molar-refractivity contribution in [3.8, 4) is 0 Å². The summed E-state index contributed by atoms with van der Waals surface area (Å²) in [6.45, 7) is 2.71. The van der Waals surface area contributed by atoms with E-state index in [-0.39, 0.29) is 24.0 Å². The molecule has 0 bridgehead atoms. The van der Waals surface area contributed by atoms with Crippen LogP contribution in [0.5, 0.6) is 0 Å². The highest BCUT2D eigenvalue weighted by Crippen LogP contribution is 2.44. The van der Waals surface area contributed by atoms with E-state index in [1.54, 1.807) is 0 Å². The van der Waals surface area contributed by atoms with Crippen LogP contribution in [0.15, 0.2) is 54.6 Å². The number of carbonyl (C=O) groups is 2. The number of likely N-dealkylation sites (tertiary alicyclic amines) is 1. The highest BCUT2D eigenvalue weighted by Gasteiger charge is 2.41. The summed E-state index contributed by atoms with van der Waals surface area (Å²) in [4.78, 5) is 29.8. The van der Waals surface area contributed by atoms with Gasteiger partial charge in [0.1, 0.15) is 0 Å². The van der Waals surface area contributed by atoms with Crippen LogP contribution in [0.1, 0.15) is 64.9 Å². The third-order valence-corrected chi connectivity index (χ3v) is 7.22. The van der Waals surface area contributed by atoms with Gasteiger partial charge in [-0.05, 0) is 49.9 Å². The lowest BCUT2D eigenvalue weighted by Gasteiger charge is -2.23. The molecule has 6 rings (SSSR count). The number of hydrogen-bond acceptors (Lipinski definition) is 4. The monoisotopic (exact) mass is 456 g/mol. The summed E-state index contributed by atoms with van der Waals surface area (Å²) in [5, 5.41) is 13.3. The van der Waals surface area contributed by atoms with Gasteiger partial charge in [0.05, 0.1) is 17.8 Å². The van der Waals surface area contributed by atoms with Crippen molar-refractivity contribution in [1.82, 2.24) is 20.0 Å². The fourth-order valence-electron chi connectivity index (χ4n) is 5.71. The Morgan fingerprint density at radius 2 is 1.82 bits per heavy atom. The van der Waals surface area contributed by atoms with Crippen LogP contribution < -0.4 is 10.6 Å². The van der Waals surface area contributed by atoms with Gasteiger partial charge in [-0.25, -0.2) is 4.79 Å². The van der Waals surface area contributed by atoms with Crippen LogP contribution in [0.4, 0.5) is 16.3 Å². The number of aromatic nitrogens is 2. The van der Waals surface area contributed by atoms with Crippen molar-refractivity contribution in [2.75, 3.05) is 23.7 Å². The molecule has 2 atom stereocenters. The predicted octanol–water partition coefficient (Wildman–Crippen LogP) is 4.68. The number of anilines is 2. The van der Waals surface area contributed by atoms with E-state index < -0.39 is 0 Å². The molecular weight excluding hydrogens is 428 g/mol. The van der Waals surface area contributed by atoms with Gasteiger partial charge in [0, 0.05) is 36.0 Å². The normalized spacial score (nSPS) is 21.5. The van der Waals surface area contributed by atoms with E-state index in [1.807, 2.05) is 35.2 Å². The van der Waals surface area contributed by atoms with Crippen LogP contribution >= 0.6 is 0 Å². The van der Waals surface area contributed by atoms with Gasteiger partial charge in [0.15, 0.2) is 5.82 Å². The maximum absolute atomic E-state index is 12.8. The molecule has 3 aromatic rings. The zero-order valence-electron chi connectivity index (χ0n) is 19.0. The SMILES string of the molecule is O=C(Nc1cc([C@@H]2CCCN2Cc2ccccc2)[nH]n1)Nc1cccc2c1C1CCCN1C2=O. The number of carbonyl (C=O) groups excluding carboxylic acids is 2. The predicted molar refractivity (Wildman–Crippen MR) is 130 cm³/mol. The molecule has 1 aromatic heterocycles. The lowest BCUT2D eigenvalue weighted by molar-refractivity contribution is 0.0776. The summed E-state index contributed by atoms with van der Waals surface area (Å²) in [7, 11) is 0. The number of H-pyrrole nitrogens is 1. The maximum atomic E-state index is 12.8. The van der Waals surface area contributed by atoms with Crippen molar-refractivity contribution < 1.29 is 9.59 Å². The molecule has 0 radical (unpaired) electrons. The minimum absolute atomic E-state index is 0.0638. The summed E-state index contributed by atoms with van der Waals surface area (Å²) in [5.74, 6) is 0.556. The first kappa shape index (κ1) is 20.9. The molecule has 0 aliphatic carbocycles. The van der Waals surface area contributed by atoms with Crippen LogP contribution in [0.25, 0.3) is 0 Å². The van der Waals surface area contributed by atoms with Crippen molar-refractivity contribution in [2.24, 2.45) is 0 Å². The highest BCUT2D eigenvalue weighted by atomic mass is 16.2. The Hall–Kier alpha value is -3.65. The summed E-state index contributed by atoms with van der Waals surface area (Å²) >= 11 is 0. The van der Waals surface area contributed by atoms with Gasteiger partial charge in [-0.15, -0.1) is 0 Å². The second-order valence-electron chi connectivity index (χ2n) is 9.33. The number of hydrogen-bond donors (Lipinski definition) is 3. The fraction of sp³-hybridized carbons (Fsp3) is 0.346. The Kier molecular flexibility index (Phi) is 5.30. The minimum atomic E-state index is -0.358. The van der Waals surface area contributed by atoms with Gasteiger partial charge in [-0.3, -0.25) is 20.1 Å². The molecule has 3 aliphatic heterocycles. The van der Waals surface area contributed by atoms with Gasteiger partial charge in [-0.2, -0.15) is 5.10 Å². The molecule has 0 spiro atoms. The largest absolute Gasteiger partial charge is 0.331 e. The molecule has 2 fully saturated rings. The topological polar surface area (TPSA) is 93.4 Å². The van der Waals surface area contributed by atoms with E-state index in [1.165, 1.54) is 5.56 Å². The van der Waals surface area contributed by atoms with E-state index in [9.17, 15) is 9.59 Å². The summed E-state index contributed by atoms with van der Waals surface area (Å²) in [5.41, 5.74) is 4.63. The molecule has 3 N–H and O–H groups in total. The molecule has 174 valence electrons. The number of nitrogens with zero attached hydrogens (tertiary/aromatic N) is 3. The van der Waals surface area contributed by atoms with E-state index in [4.69, 9.17) is 0 Å². The molecule has 2 saturated heterocycles. The van der Waals surface area contributed by atoms with Crippen molar-refractivity contribution >= 4 is 23.4 Å². The van der Waals surface area contributed by atoms with Crippen molar-refractivity contribution in [3.05, 3.63) is 77.0 Å². The second-order valence-corrected chi connectivity index (χ2v) is 9.33. The summed E-state index contributed by atoms with van der Waals surface area (Å²) < 4.78 is 0. The first-order valence-corrected chi connectivity index (χ1v) is 12.0. The Bertz CT molecular complexity index is 1220. The zero-order valence-corrected chi connectivity index (χ0v) is 19.0. The molecule has 34 heavy (non-hydrogen) atoms. The molecule has 8 nitrogen and oxygen atoms in total. The van der Waals surface area contributed by atoms with E-state index in [0.717, 1.165) is 56.6 Å². The number of fused-ring (bicyclic) bond motifs is 3. The third kappa shape index (κ3) is 3.74. The molecule has 1 unspecified atom stereocenters. The molecule has 8 heteroatoms. The summed E-state index contributed by atoms with van der Waals surface area (Å²) in [6.07, 6.45) is 4.12. The van der Waals surface area contributed by atoms with Crippen LogP contribution in [0, 0.1) is 0 Å².